The van der Waals surface area contributed by atoms with E-state index >= 15 is 0 Å². The molecule has 2 nitrogen and oxygen atoms in total. The lowest BCUT2D eigenvalue weighted by molar-refractivity contribution is -0.137. The summed E-state index contributed by atoms with van der Waals surface area (Å²) in [4.78, 5) is 4.13. The third-order valence-corrected chi connectivity index (χ3v) is 3.09. The zero-order valence-electron chi connectivity index (χ0n) is 9.30. The lowest BCUT2D eigenvalue weighted by atomic mass is 10.2. The quantitative estimate of drug-likeness (QED) is 0.878. The molecule has 2 aromatic rings. The SMILES string of the molecule is CC(C)Nc1nc2cc(C(F)(F)F)ccc2s1. The van der Waals surface area contributed by atoms with Crippen LogP contribution in [-0.4, -0.2) is 11.0 Å². The van der Waals surface area contributed by atoms with Crippen molar-refractivity contribution >= 4 is 26.7 Å². The zero-order valence-corrected chi connectivity index (χ0v) is 10.1. The molecule has 6 heteroatoms. The van der Waals surface area contributed by atoms with E-state index in [0.717, 1.165) is 16.8 Å². The molecule has 0 amide bonds. The first-order chi connectivity index (χ1) is 7.86. The van der Waals surface area contributed by atoms with Gasteiger partial charge in [-0.3, -0.25) is 0 Å². The Morgan fingerprint density at radius 1 is 1.29 bits per heavy atom. The Bertz CT molecular complexity index is 531. The summed E-state index contributed by atoms with van der Waals surface area (Å²) in [5.41, 5.74) is -0.278. The molecule has 1 N–H and O–H groups in total. The van der Waals surface area contributed by atoms with E-state index in [-0.39, 0.29) is 6.04 Å². The average Bonchev–Trinajstić information content (AvgIpc) is 2.55. The fourth-order valence-electron chi connectivity index (χ4n) is 1.41. The van der Waals surface area contributed by atoms with Crippen molar-refractivity contribution in [2.45, 2.75) is 26.1 Å². The number of hydrogen-bond acceptors (Lipinski definition) is 3. The Kier molecular flexibility index (Phi) is 2.99. The Hall–Kier alpha value is -1.30. The van der Waals surface area contributed by atoms with Crippen LogP contribution in [0.5, 0.6) is 0 Å². The summed E-state index contributed by atoms with van der Waals surface area (Å²) in [7, 11) is 0. The Morgan fingerprint density at radius 2 is 2.00 bits per heavy atom. The number of nitrogens with zero attached hydrogens (tertiary/aromatic N) is 1. The van der Waals surface area contributed by atoms with E-state index in [0.29, 0.717) is 10.6 Å². The number of halogens is 3. The Balaban J connectivity index is 2.41. The summed E-state index contributed by atoms with van der Waals surface area (Å²) in [6, 6.07) is 3.83. The van der Waals surface area contributed by atoms with Crippen molar-refractivity contribution in [3.8, 4) is 0 Å². The molecular weight excluding hydrogens is 249 g/mol. The molecule has 1 heterocycles. The van der Waals surface area contributed by atoms with Gasteiger partial charge in [0.25, 0.3) is 0 Å². The molecule has 0 aliphatic heterocycles. The van der Waals surface area contributed by atoms with E-state index < -0.39 is 11.7 Å². The van der Waals surface area contributed by atoms with Gasteiger partial charge >= 0.3 is 6.18 Å². The number of hydrogen-bond donors (Lipinski definition) is 1. The summed E-state index contributed by atoms with van der Waals surface area (Å²) in [6.07, 6.45) is -4.32. The number of fused-ring (bicyclic) bond motifs is 1. The standard InChI is InChI=1S/C11H11F3N2S/c1-6(2)15-10-16-8-5-7(11(12,13)14)3-4-9(8)17-10/h3-6H,1-2H3,(H,15,16). The minimum Gasteiger partial charge on any atom is -0.359 e. The van der Waals surface area contributed by atoms with Crippen molar-refractivity contribution in [2.24, 2.45) is 0 Å². The number of aromatic nitrogens is 1. The fraction of sp³-hybridized carbons (Fsp3) is 0.364. The van der Waals surface area contributed by atoms with Crippen LogP contribution >= 0.6 is 11.3 Å². The predicted molar refractivity (Wildman–Crippen MR) is 63.4 cm³/mol. The van der Waals surface area contributed by atoms with Crippen LogP contribution in [0.1, 0.15) is 19.4 Å². The van der Waals surface area contributed by atoms with Crippen molar-refractivity contribution in [3.05, 3.63) is 23.8 Å². The van der Waals surface area contributed by atoms with Gasteiger partial charge in [0.2, 0.25) is 0 Å². The number of benzene rings is 1. The molecule has 1 aromatic heterocycles. The van der Waals surface area contributed by atoms with Gasteiger partial charge in [-0.15, -0.1) is 0 Å². The molecule has 1 aromatic carbocycles. The monoisotopic (exact) mass is 260 g/mol. The third kappa shape index (κ3) is 2.69. The lowest BCUT2D eigenvalue weighted by Crippen LogP contribution is -2.08. The predicted octanol–water partition coefficient (Wildman–Crippen LogP) is 4.14. The van der Waals surface area contributed by atoms with E-state index in [1.165, 1.54) is 17.4 Å². The molecule has 0 aliphatic carbocycles. The van der Waals surface area contributed by atoms with E-state index in [9.17, 15) is 13.2 Å². The third-order valence-electron chi connectivity index (χ3n) is 2.13. The van der Waals surface area contributed by atoms with E-state index in [1.807, 2.05) is 13.8 Å². The van der Waals surface area contributed by atoms with Crippen molar-refractivity contribution < 1.29 is 13.2 Å². The summed E-state index contributed by atoms with van der Waals surface area (Å²) >= 11 is 1.36. The molecule has 0 unspecified atom stereocenters. The Morgan fingerprint density at radius 3 is 2.59 bits per heavy atom. The van der Waals surface area contributed by atoms with Gasteiger partial charge in [-0.2, -0.15) is 13.2 Å². The smallest absolute Gasteiger partial charge is 0.359 e. The first kappa shape index (κ1) is 12.2. The van der Waals surface area contributed by atoms with E-state index in [2.05, 4.69) is 10.3 Å². The molecule has 0 aliphatic rings. The number of alkyl halides is 3. The molecule has 0 fully saturated rings. The van der Waals surface area contributed by atoms with Gasteiger partial charge in [-0.1, -0.05) is 11.3 Å². The van der Waals surface area contributed by atoms with Gasteiger partial charge in [-0.05, 0) is 32.0 Å². The highest BCUT2D eigenvalue weighted by Crippen LogP contribution is 2.34. The minimum atomic E-state index is -4.32. The molecule has 0 saturated heterocycles. The second kappa shape index (κ2) is 4.18. The highest BCUT2D eigenvalue weighted by molar-refractivity contribution is 7.22. The summed E-state index contributed by atoms with van der Waals surface area (Å²) in [5.74, 6) is 0. The van der Waals surface area contributed by atoms with Gasteiger partial charge in [0, 0.05) is 6.04 Å². The maximum atomic E-state index is 12.5. The van der Waals surface area contributed by atoms with Crippen molar-refractivity contribution in [1.29, 1.82) is 0 Å². The second-order valence-corrected chi connectivity index (χ2v) is 5.03. The topological polar surface area (TPSA) is 24.9 Å². The highest BCUT2D eigenvalue weighted by atomic mass is 32.1. The van der Waals surface area contributed by atoms with E-state index in [1.54, 1.807) is 0 Å². The number of nitrogens with one attached hydrogen (secondary N) is 1. The Labute approximate surface area is 100 Å². The van der Waals surface area contributed by atoms with Crippen molar-refractivity contribution in [2.75, 3.05) is 5.32 Å². The van der Waals surface area contributed by atoms with E-state index in [4.69, 9.17) is 0 Å². The highest BCUT2D eigenvalue weighted by Gasteiger charge is 2.30. The second-order valence-electron chi connectivity index (χ2n) is 4.00. The fourth-order valence-corrected chi connectivity index (χ4v) is 2.40. The molecule has 17 heavy (non-hydrogen) atoms. The summed E-state index contributed by atoms with van der Waals surface area (Å²) in [5, 5.41) is 3.73. The van der Waals surface area contributed by atoms with Gasteiger partial charge in [-0.25, -0.2) is 4.98 Å². The van der Waals surface area contributed by atoms with Crippen LogP contribution in [0.4, 0.5) is 18.3 Å². The zero-order chi connectivity index (χ0) is 12.6. The first-order valence-electron chi connectivity index (χ1n) is 5.10. The van der Waals surface area contributed by atoms with Crippen LogP contribution in [0.3, 0.4) is 0 Å². The summed E-state index contributed by atoms with van der Waals surface area (Å²) < 4.78 is 38.2. The first-order valence-corrected chi connectivity index (χ1v) is 5.92. The molecule has 0 radical (unpaired) electrons. The minimum absolute atomic E-state index is 0.206. The molecular formula is C11H11F3N2S. The molecule has 92 valence electrons. The van der Waals surface area contributed by atoms with Crippen LogP contribution in [0.2, 0.25) is 0 Å². The average molecular weight is 260 g/mol. The van der Waals surface area contributed by atoms with Gasteiger partial charge < -0.3 is 5.32 Å². The van der Waals surface area contributed by atoms with Crippen molar-refractivity contribution in [3.63, 3.8) is 0 Å². The molecule has 0 spiro atoms. The maximum Gasteiger partial charge on any atom is 0.416 e. The van der Waals surface area contributed by atoms with Gasteiger partial charge in [0.1, 0.15) is 0 Å². The van der Waals surface area contributed by atoms with Crippen LogP contribution in [-0.2, 0) is 6.18 Å². The molecule has 0 atom stereocenters. The largest absolute Gasteiger partial charge is 0.416 e. The molecule has 0 bridgehead atoms. The summed E-state index contributed by atoms with van der Waals surface area (Å²) in [6.45, 7) is 3.90. The normalized spacial score (nSPS) is 12.4. The van der Waals surface area contributed by atoms with Crippen LogP contribution in [0, 0.1) is 0 Å². The number of rotatable bonds is 2. The van der Waals surface area contributed by atoms with Gasteiger partial charge in [0.15, 0.2) is 5.13 Å². The molecule has 2 rings (SSSR count). The van der Waals surface area contributed by atoms with Crippen LogP contribution in [0.25, 0.3) is 10.2 Å². The van der Waals surface area contributed by atoms with Gasteiger partial charge in [0.05, 0.1) is 15.8 Å². The van der Waals surface area contributed by atoms with Crippen LogP contribution < -0.4 is 5.32 Å². The van der Waals surface area contributed by atoms with Crippen LogP contribution in [0.15, 0.2) is 18.2 Å². The maximum absolute atomic E-state index is 12.5. The number of thiazole rings is 1. The lowest BCUT2D eigenvalue weighted by Gasteiger charge is -2.05. The molecule has 0 saturated carbocycles. The number of anilines is 1. The van der Waals surface area contributed by atoms with Crippen molar-refractivity contribution in [1.82, 2.24) is 4.98 Å².